The predicted molar refractivity (Wildman–Crippen MR) is 66.7 cm³/mol. The van der Waals surface area contributed by atoms with Crippen molar-refractivity contribution in [3.8, 4) is 0 Å². The SMILES string of the molecule is CCCO.O=Cc1ccc2ccccc2c1. The minimum Gasteiger partial charge on any atom is -0.396 e. The number of aliphatic hydroxyl groups excluding tert-OH is 1. The summed E-state index contributed by atoms with van der Waals surface area (Å²) in [5, 5.41) is 10.2. The van der Waals surface area contributed by atoms with Crippen LogP contribution in [0.4, 0.5) is 0 Å². The number of rotatable bonds is 2. The van der Waals surface area contributed by atoms with Gasteiger partial charge in [-0.25, -0.2) is 0 Å². The number of aliphatic hydroxyl groups is 1. The summed E-state index contributed by atoms with van der Waals surface area (Å²) in [4.78, 5) is 10.5. The van der Waals surface area contributed by atoms with Crippen LogP contribution >= 0.6 is 0 Å². The van der Waals surface area contributed by atoms with E-state index in [4.69, 9.17) is 5.11 Å². The first-order chi connectivity index (χ1) is 7.81. The van der Waals surface area contributed by atoms with Crippen molar-refractivity contribution in [1.82, 2.24) is 0 Å². The van der Waals surface area contributed by atoms with E-state index in [1.165, 1.54) is 5.39 Å². The van der Waals surface area contributed by atoms with Crippen LogP contribution in [0.3, 0.4) is 0 Å². The molecule has 0 heterocycles. The van der Waals surface area contributed by atoms with Gasteiger partial charge in [-0.2, -0.15) is 0 Å². The fraction of sp³-hybridized carbons (Fsp3) is 0.214. The van der Waals surface area contributed by atoms with Gasteiger partial charge in [-0.3, -0.25) is 4.79 Å². The van der Waals surface area contributed by atoms with E-state index < -0.39 is 0 Å². The number of hydrogen-bond acceptors (Lipinski definition) is 2. The molecule has 0 amide bonds. The minimum absolute atomic E-state index is 0.319. The van der Waals surface area contributed by atoms with Gasteiger partial charge in [0.1, 0.15) is 6.29 Å². The van der Waals surface area contributed by atoms with Gasteiger partial charge in [0, 0.05) is 12.2 Å². The number of hydrogen-bond donors (Lipinski definition) is 1. The zero-order chi connectivity index (χ0) is 11.8. The van der Waals surface area contributed by atoms with E-state index in [1.54, 1.807) is 0 Å². The predicted octanol–water partition coefficient (Wildman–Crippen LogP) is 3.04. The van der Waals surface area contributed by atoms with Gasteiger partial charge in [0.25, 0.3) is 0 Å². The molecular formula is C14H16O2. The summed E-state index contributed by atoms with van der Waals surface area (Å²) in [6.07, 6.45) is 1.74. The zero-order valence-electron chi connectivity index (χ0n) is 9.39. The fourth-order valence-electron chi connectivity index (χ4n) is 1.28. The summed E-state index contributed by atoms with van der Waals surface area (Å²) in [5.74, 6) is 0. The summed E-state index contributed by atoms with van der Waals surface area (Å²) in [6, 6.07) is 13.7. The highest BCUT2D eigenvalue weighted by Gasteiger charge is 1.92. The van der Waals surface area contributed by atoms with Crippen LogP contribution in [0.15, 0.2) is 42.5 Å². The molecule has 2 heteroatoms. The molecule has 0 unspecified atom stereocenters. The molecule has 84 valence electrons. The van der Waals surface area contributed by atoms with Crippen LogP contribution in [0.5, 0.6) is 0 Å². The Balaban J connectivity index is 0.000000280. The topological polar surface area (TPSA) is 37.3 Å². The van der Waals surface area contributed by atoms with Gasteiger partial charge < -0.3 is 5.11 Å². The van der Waals surface area contributed by atoms with Gasteiger partial charge in [-0.05, 0) is 23.3 Å². The molecule has 0 bridgehead atoms. The Bertz CT molecular complexity index is 447. The number of fused-ring (bicyclic) bond motifs is 1. The molecule has 2 rings (SSSR count). The van der Waals surface area contributed by atoms with Gasteiger partial charge in [-0.1, -0.05) is 43.3 Å². The van der Waals surface area contributed by atoms with E-state index in [0.29, 0.717) is 6.61 Å². The third kappa shape index (κ3) is 3.48. The van der Waals surface area contributed by atoms with Gasteiger partial charge >= 0.3 is 0 Å². The molecule has 0 saturated heterocycles. The molecule has 2 aromatic rings. The number of carbonyl (C=O) groups is 1. The summed E-state index contributed by atoms with van der Waals surface area (Å²) in [7, 11) is 0. The smallest absolute Gasteiger partial charge is 0.150 e. The molecule has 0 aliphatic heterocycles. The summed E-state index contributed by atoms with van der Waals surface area (Å²) in [5.41, 5.74) is 0.730. The second-order valence-electron chi connectivity index (χ2n) is 3.45. The molecule has 0 spiro atoms. The lowest BCUT2D eigenvalue weighted by Gasteiger charge is -1.96. The van der Waals surface area contributed by atoms with Crippen molar-refractivity contribution >= 4 is 17.1 Å². The van der Waals surface area contributed by atoms with Crippen molar-refractivity contribution in [2.24, 2.45) is 0 Å². The Kier molecular flexibility index (Phi) is 5.23. The lowest BCUT2D eigenvalue weighted by molar-refractivity contribution is 0.112. The molecule has 1 N–H and O–H groups in total. The quantitative estimate of drug-likeness (QED) is 0.783. The van der Waals surface area contributed by atoms with Crippen LogP contribution in [-0.2, 0) is 0 Å². The monoisotopic (exact) mass is 216 g/mol. The molecule has 0 atom stereocenters. The number of carbonyl (C=O) groups excluding carboxylic acids is 1. The van der Waals surface area contributed by atoms with Crippen LogP contribution < -0.4 is 0 Å². The van der Waals surface area contributed by atoms with Crippen LogP contribution in [0.1, 0.15) is 23.7 Å². The second-order valence-corrected chi connectivity index (χ2v) is 3.45. The maximum absolute atomic E-state index is 10.5. The largest absolute Gasteiger partial charge is 0.396 e. The van der Waals surface area contributed by atoms with Crippen molar-refractivity contribution in [3.63, 3.8) is 0 Å². The van der Waals surface area contributed by atoms with Crippen molar-refractivity contribution in [2.45, 2.75) is 13.3 Å². The Morgan fingerprint density at radius 2 is 1.75 bits per heavy atom. The van der Waals surface area contributed by atoms with Gasteiger partial charge in [0.05, 0.1) is 0 Å². The molecule has 0 aromatic heterocycles. The van der Waals surface area contributed by atoms with Crippen molar-refractivity contribution in [1.29, 1.82) is 0 Å². The standard InChI is InChI=1S/C11H8O.C3H8O/c12-8-9-5-6-10-3-1-2-4-11(10)7-9;1-2-3-4/h1-8H;4H,2-3H2,1H3. The van der Waals surface area contributed by atoms with E-state index in [2.05, 4.69) is 0 Å². The fourth-order valence-corrected chi connectivity index (χ4v) is 1.28. The van der Waals surface area contributed by atoms with Crippen LogP contribution in [0, 0.1) is 0 Å². The molecule has 0 saturated carbocycles. The molecule has 0 aliphatic carbocycles. The highest BCUT2D eigenvalue weighted by molar-refractivity contribution is 5.88. The molecule has 16 heavy (non-hydrogen) atoms. The lowest BCUT2D eigenvalue weighted by Crippen LogP contribution is -1.78. The minimum atomic E-state index is 0.319. The van der Waals surface area contributed by atoms with E-state index in [0.717, 1.165) is 23.7 Å². The Labute approximate surface area is 95.5 Å². The summed E-state index contributed by atoms with van der Waals surface area (Å²) >= 11 is 0. The van der Waals surface area contributed by atoms with Crippen LogP contribution in [0.2, 0.25) is 0 Å². The highest BCUT2D eigenvalue weighted by Crippen LogP contribution is 2.14. The average Bonchev–Trinajstić information content (AvgIpc) is 2.38. The summed E-state index contributed by atoms with van der Waals surface area (Å²) < 4.78 is 0. The van der Waals surface area contributed by atoms with E-state index in [1.807, 2.05) is 49.4 Å². The summed E-state index contributed by atoms with van der Waals surface area (Å²) in [6.45, 7) is 2.25. The Morgan fingerprint density at radius 1 is 1.12 bits per heavy atom. The molecule has 0 radical (unpaired) electrons. The third-order valence-corrected chi connectivity index (χ3v) is 2.13. The average molecular weight is 216 g/mol. The van der Waals surface area contributed by atoms with Crippen molar-refractivity contribution < 1.29 is 9.90 Å². The van der Waals surface area contributed by atoms with Crippen molar-refractivity contribution in [2.75, 3.05) is 6.61 Å². The normalized spacial score (nSPS) is 9.38. The third-order valence-electron chi connectivity index (χ3n) is 2.13. The molecular weight excluding hydrogens is 200 g/mol. The first-order valence-electron chi connectivity index (χ1n) is 5.36. The Morgan fingerprint density at radius 3 is 2.31 bits per heavy atom. The number of benzene rings is 2. The van der Waals surface area contributed by atoms with Gasteiger partial charge in [-0.15, -0.1) is 0 Å². The molecule has 0 fully saturated rings. The highest BCUT2D eigenvalue weighted by atomic mass is 16.2. The number of aldehydes is 1. The molecule has 2 aromatic carbocycles. The van der Waals surface area contributed by atoms with Gasteiger partial charge in [0.2, 0.25) is 0 Å². The van der Waals surface area contributed by atoms with E-state index >= 15 is 0 Å². The Hall–Kier alpha value is -1.67. The van der Waals surface area contributed by atoms with E-state index in [9.17, 15) is 4.79 Å². The first-order valence-corrected chi connectivity index (χ1v) is 5.36. The second kappa shape index (κ2) is 6.75. The van der Waals surface area contributed by atoms with Crippen molar-refractivity contribution in [3.05, 3.63) is 48.0 Å². The van der Waals surface area contributed by atoms with Crippen LogP contribution in [-0.4, -0.2) is 18.0 Å². The first kappa shape index (κ1) is 12.4. The molecule has 2 nitrogen and oxygen atoms in total. The van der Waals surface area contributed by atoms with E-state index in [-0.39, 0.29) is 0 Å². The lowest BCUT2D eigenvalue weighted by atomic mass is 10.1. The maximum atomic E-state index is 10.5. The zero-order valence-corrected chi connectivity index (χ0v) is 9.39. The maximum Gasteiger partial charge on any atom is 0.150 e. The van der Waals surface area contributed by atoms with Crippen LogP contribution in [0.25, 0.3) is 10.8 Å². The van der Waals surface area contributed by atoms with Gasteiger partial charge in [0.15, 0.2) is 0 Å². The molecule has 0 aliphatic rings.